The van der Waals surface area contributed by atoms with Crippen molar-refractivity contribution in [3.05, 3.63) is 29.0 Å². The highest BCUT2D eigenvalue weighted by Gasteiger charge is 2.02. The second-order valence-corrected chi connectivity index (χ2v) is 4.29. The van der Waals surface area contributed by atoms with E-state index >= 15 is 0 Å². The van der Waals surface area contributed by atoms with Gasteiger partial charge in [0.2, 0.25) is 0 Å². The molecule has 0 spiro atoms. The molecule has 1 aromatic rings. The molecule has 2 nitrogen and oxygen atoms in total. The highest BCUT2D eigenvalue weighted by molar-refractivity contribution is 6.32. The maximum absolute atomic E-state index is 12.8. The molecule has 0 fully saturated rings. The highest BCUT2D eigenvalue weighted by atomic mass is 35.5. The predicted molar refractivity (Wildman–Crippen MR) is 69.3 cm³/mol. The first-order chi connectivity index (χ1) is 8.24. The second-order valence-electron chi connectivity index (χ2n) is 3.88. The summed E-state index contributed by atoms with van der Waals surface area (Å²) in [6.07, 6.45) is 3.66. The van der Waals surface area contributed by atoms with Gasteiger partial charge in [0, 0.05) is 6.54 Å². The fourth-order valence-electron chi connectivity index (χ4n) is 1.45. The Bertz CT molecular complexity index is 333. The zero-order chi connectivity index (χ0) is 12.5. The lowest BCUT2D eigenvalue weighted by Crippen LogP contribution is -2.22. The first kappa shape index (κ1) is 14.3. The Balaban J connectivity index is 2.14. The Hall–Kier alpha value is -0.800. The molecule has 0 aliphatic rings. The fraction of sp³-hybridized carbons (Fsp3) is 0.538. The van der Waals surface area contributed by atoms with Gasteiger partial charge in [-0.25, -0.2) is 4.39 Å². The van der Waals surface area contributed by atoms with E-state index in [0.29, 0.717) is 17.4 Å². The number of unbranched alkanes of at least 4 members (excludes halogenated alkanes) is 2. The normalized spacial score (nSPS) is 10.5. The third-order valence-corrected chi connectivity index (χ3v) is 2.68. The first-order valence-electron chi connectivity index (χ1n) is 6.02. The topological polar surface area (TPSA) is 21.3 Å². The van der Waals surface area contributed by atoms with Crippen LogP contribution >= 0.6 is 11.6 Å². The molecule has 4 heteroatoms. The molecule has 0 unspecified atom stereocenters. The van der Waals surface area contributed by atoms with Crippen LogP contribution in [0, 0.1) is 5.82 Å². The molecular weight excluding hydrogens is 241 g/mol. The maximum Gasteiger partial charge on any atom is 0.138 e. The van der Waals surface area contributed by atoms with Gasteiger partial charge in [-0.3, -0.25) is 0 Å². The summed E-state index contributed by atoms with van der Waals surface area (Å²) in [5, 5.41) is 3.59. The standard InChI is InChI=1S/C13H19ClFNO/c1-2-3-4-7-16-8-9-17-13-6-5-11(15)10-12(13)14/h5-6,10,16H,2-4,7-9H2,1H3. The third kappa shape index (κ3) is 5.89. The quantitative estimate of drug-likeness (QED) is 0.720. The van der Waals surface area contributed by atoms with Gasteiger partial charge in [0.15, 0.2) is 0 Å². The molecule has 1 aromatic carbocycles. The van der Waals surface area contributed by atoms with Gasteiger partial charge in [-0.2, -0.15) is 0 Å². The van der Waals surface area contributed by atoms with Crippen LogP contribution < -0.4 is 10.1 Å². The van der Waals surface area contributed by atoms with Crippen LogP contribution in [0.3, 0.4) is 0 Å². The van der Waals surface area contributed by atoms with Gasteiger partial charge in [-0.1, -0.05) is 31.4 Å². The van der Waals surface area contributed by atoms with E-state index in [0.717, 1.165) is 13.1 Å². The summed E-state index contributed by atoms with van der Waals surface area (Å²) in [6.45, 7) is 4.50. The Kier molecular flexibility index (Phi) is 6.97. The number of rotatable bonds is 8. The fourth-order valence-corrected chi connectivity index (χ4v) is 1.67. The van der Waals surface area contributed by atoms with Gasteiger partial charge in [0.25, 0.3) is 0 Å². The van der Waals surface area contributed by atoms with Crippen LogP contribution in [0.4, 0.5) is 4.39 Å². The Morgan fingerprint density at radius 3 is 2.82 bits per heavy atom. The summed E-state index contributed by atoms with van der Waals surface area (Å²) >= 11 is 5.83. The third-order valence-electron chi connectivity index (χ3n) is 2.39. The summed E-state index contributed by atoms with van der Waals surface area (Å²) in [5.41, 5.74) is 0. The van der Waals surface area contributed by atoms with Gasteiger partial charge in [-0.05, 0) is 31.2 Å². The molecule has 0 aliphatic heterocycles. The van der Waals surface area contributed by atoms with E-state index in [4.69, 9.17) is 16.3 Å². The Labute approximate surface area is 107 Å². The lowest BCUT2D eigenvalue weighted by molar-refractivity contribution is 0.313. The molecule has 17 heavy (non-hydrogen) atoms. The lowest BCUT2D eigenvalue weighted by atomic mass is 10.2. The highest BCUT2D eigenvalue weighted by Crippen LogP contribution is 2.24. The summed E-state index contributed by atoms with van der Waals surface area (Å²) < 4.78 is 18.2. The maximum atomic E-state index is 12.8. The van der Waals surface area contributed by atoms with E-state index in [1.54, 1.807) is 6.07 Å². The van der Waals surface area contributed by atoms with Crippen LogP contribution in [0.5, 0.6) is 5.75 Å². The smallest absolute Gasteiger partial charge is 0.138 e. The van der Waals surface area contributed by atoms with Crippen molar-refractivity contribution >= 4 is 11.6 Å². The van der Waals surface area contributed by atoms with Crippen molar-refractivity contribution in [2.24, 2.45) is 0 Å². The lowest BCUT2D eigenvalue weighted by Gasteiger charge is -2.08. The number of hydrogen-bond acceptors (Lipinski definition) is 2. The molecule has 0 aromatic heterocycles. The second kappa shape index (κ2) is 8.31. The summed E-state index contributed by atoms with van der Waals surface area (Å²) in [4.78, 5) is 0. The van der Waals surface area contributed by atoms with Crippen LogP contribution in [0.25, 0.3) is 0 Å². The Morgan fingerprint density at radius 1 is 1.29 bits per heavy atom. The average molecular weight is 260 g/mol. The van der Waals surface area contributed by atoms with Crippen LogP contribution in [0.15, 0.2) is 18.2 Å². The van der Waals surface area contributed by atoms with Crippen LogP contribution in [-0.4, -0.2) is 19.7 Å². The molecule has 0 heterocycles. The molecule has 0 aliphatic carbocycles. The average Bonchev–Trinajstić information content (AvgIpc) is 2.30. The molecular formula is C13H19ClFNO. The van der Waals surface area contributed by atoms with Crippen molar-refractivity contribution in [3.63, 3.8) is 0 Å². The van der Waals surface area contributed by atoms with E-state index < -0.39 is 0 Å². The van der Waals surface area contributed by atoms with Gasteiger partial charge < -0.3 is 10.1 Å². The van der Waals surface area contributed by atoms with Gasteiger partial charge in [0.05, 0.1) is 5.02 Å². The molecule has 0 bridgehead atoms. The zero-order valence-electron chi connectivity index (χ0n) is 10.1. The predicted octanol–water partition coefficient (Wildman–Crippen LogP) is 3.64. The van der Waals surface area contributed by atoms with Crippen molar-refractivity contribution in [1.82, 2.24) is 5.32 Å². The van der Waals surface area contributed by atoms with E-state index in [9.17, 15) is 4.39 Å². The van der Waals surface area contributed by atoms with Crippen LogP contribution in [-0.2, 0) is 0 Å². The molecule has 0 saturated carbocycles. The summed E-state index contributed by atoms with van der Waals surface area (Å²) in [6, 6.07) is 4.15. The number of benzene rings is 1. The number of nitrogens with one attached hydrogen (secondary N) is 1. The Morgan fingerprint density at radius 2 is 2.12 bits per heavy atom. The minimum atomic E-state index is -0.347. The van der Waals surface area contributed by atoms with E-state index in [2.05, 4.69) is 12.2 Å². The molecule has 1 rings (SSSR count). The monoisotopic (exact) mass is 259 g/mol. The minimum Gasteiger partial charge on any atom is -0.491 e. The molecule has 0 atom stereocenters. The molecule has 96 valence electrons. The van der Waals surface area contributed by atoms with Crippen LogP contribution in [0.2, 0.25) is 5.02 Å². The number of halogens is 2. The van der Waals surface area contributed by atoms with Crippen molar-refractivity contribution in [1.29, 1.82) is 0 Å². The van der Waals surface area contributed by atoms with Crippen molar-refractivity contribution < 1.29 is 9.13 Å². The first-order valence-corrected chi connectivity index (χ1v) is 6.40. The number of ether oxygens (including phenoxy) is 1. The summed E-state index contributed by atoms with van der Waals surface area (Å²) in [7, 11) is 0. The van der Waals surface area contributed by atoms with Gasteiger partial charge in [0.1, 0.15) is 18.2 Å². The summed E-state index contributed by atoms with van der Waals surface area (Å²) in [5.74, 6) is 0.184. The molecule has 0 saturated heterocycles. The van der Waals surface area contributed by atoms with E-state index in [-0.39, 0.29) is 5.82 Å². The van der Waals surface area contributed by atoms with E-state index in [1.165, 1.54) is 31.4 Å². The molecule has 0 radical (unpaired) electrons. The van der Waals surface area contributed by atoms with Gasteiger partial charge >= 0.3 is 0 Å². The van der Waals surface area contributed by atoms with Crippen molar-refractivity contribution in [3.8, 4) is 5.75 Å². The molecule has 1 N–H and O–H groups in total. The number of hydrogen-bond donors (Lipinski definition) is 1. The van der Waals surface area contributed by atoms with Crippen LogP contribution in [0.1, 0.15) is 26.2 Å². The molecule has 0 amide bonds. The zero-order valence-corrected chi connectivity index (χ0v) is 10.9. The SMILES string of the molecule is CCCCCNCCOc1ccc(F)cc1Cl. The van der Waals surface area contributed by atoms with Gasteiger partial charge in [-0.15, -0.1) is 0 Å². The largest absolute Gasteiger partial charge is 0.491 e. The van der Waals surface area contributed by atoms with E-state index in [1.807, 2.05) is 0 Å². The van der Waals surface area contributed by atoms with Crippen molar-refractivity contribution in [2.75, 3.05) is 19.7 Å². The van der Waals surface area contributed by atoms with Crippen molar-refractivity contribution in [2.45, 2.75) is 26.2 Å². The minimum absolute atomic E-state index is 0.316.